The van der Waals surface area contributed by atoms with Gasteiger partial charge in [-0.3, -0.25) is 9.78 Å². The number of pyridine rings is 1. The van der Waals surface area contributed by atoms with Crippen LogP contribution in [0.4, 0.5) is 0 Å². The van der Waals surface area contributed by atoms with Crippen molar-refractivity contribution >= 4 is 27.8 Å². The van der Waals surface area contributed by atoms with Crippen molar-refractivity contribution in [2.24, 2.45) is 0 Å². The molecule has 104 valence electrons. The zero-order valence-corrected chi connectivity index (χ0v) is 12.8. The van der Waals surface area contributed by atoms with Gasteiger partial charge in [0, 0.05) is 22.4 Å². The molecule has 6 heteroatoms. The van der Waals surface area contributed by atoms with Crippen LogP contribution in [0.5, 0.6) is 0 Å². The number of rotatable bonds is 5. The minimum Gasteiger partial charge on any atom is -0.452 e. The average Bonchev–Trinajstić information content (AvgIpc) is 2.35. The van der Waals surface area contributed by atoms with E-state index in [1.54, 1.807) is 12.3 Å². The summed E-state index contributed by atoms with van der Waals surface area (Å²) in [4.78, 5) is 27.1. The molecule has 0 saturated carbocycles. The molecule has 0 aliphatic carbocycles. The highest BCUT2D eigenvalue weighted by Crippen LogP contribution is 2.10. The highest BCUT2D eigenvalue weighted by atomic mass is 79.9. The quantitative estimate of drug-likeness (QED) is 0.842. The Bertz CT molecular complexity index is 475. The lowest BCUT2D eigenvalue weighted by Crippen LogP contribution is -2.44. The predicted molar refractivity (Wildman–Crippen MR) is 74.7 cm³/mol. The maximum Gasteiger partial charge on any atom is 0.340 e. The second kappa shape index (κ2) is 6.65. The summed E-state index contributed by atoms with van der Waals surface area (Å²) in [5, 5.41) is 2.78. The molecule has 1 rings (SSSR count). The van der Waals surface area contributed by atoms with Gasteiger partial charge in [0.1, 0.15) is 0 Å². The Kier molecular flexibility index (Phi) is 5.47. The molecule has 0 atom stereocenters. The molecule has 1 amide bonds. The molecule has 0 aliphatic rings. The van der Waals surface area contributed by atoms with Gasteiger partial charge < -0.3 is 10.1 Å². The molecule has 1 aromatic rings. The van der Waals surface area contributed by atoms with Crippen molar-refractivity contribution in [3.63, 3.8) is 0 Å². The summed E-state index contributed by atoms with van der Waals surface area (Å²) in [6.45, 7) is 5.49. The van der Waals surface area contributed by atoms with E-state index in [1.807, 2.05) is 20.8 Å². The molecule has 0 fully saturated rings. The van der Waals surface area contributed by atoms with Crippen molar-refractivity contribution in [1.29, 1.82) is 0 Å². The fourth-order valence-electron chi connectivity index (χ4n) is 1.24. The fourth-order valence-corrected chi connectivity index (χ4v) is 1.60. The minimum atomic E-state index is -0.571. The maximum atomic E-state index is 11.7. The third kappa shape index (κ3) is 5.38. The van der Waals surface area contributed by atoms with Gasteiger partial charge in [0.25, 0.3) is 5.91 Å². The van der Waals surface area contributed by atoms with Crippen LogP contribution in [-0.4, -0.2) is 29.0 Å². The molecule has 0 aliphatic heterocycles. The van der Waals surface area contributed by atoms with Crippen LogP contribution in [0.1, 0.15) is 37.6 Å². The number of carbonyl (C=O) groups is 2. The first-order valence-electron chi connectivity index (χ1n) is 5.93. The van der Waals surface area contributed by atoms with Gasteiger partial charge in [0.05, 0.1) is 5.56 Å². The molecule has 0 bridgehead atoms. The van der Waals surface area contributed by atoms with Gasteiger partial charge >= 0.3 is 5.97 Å². The maximum absolute atomic E-state index is 11.7. The number of esters is 1. The van der Waals surface area contributed by atoms with E-state index in [0.29, 0.717) is 10.0 Å². The van der Waals surface area contributed by atoms with E-state index < -0.39 is 5.97 Å². The van der Waals surface area contributed by atoms with E-state index in [-0.39, 0.29) is 18.1 Å². The lowest BCUT2D eigenvalue weighted by atomic mass is 10.0. The van der Waals surface area contributed by atoms with E-state index >= 15 is 0 Å². The van der Waals surface area contributed by atoms with Crippen LogP contribution < -0.4 is 5.32 Å². The predicted octanol–water partition coefficient (Wildman–Crippen LogP) is 2.31. The number of ether oxygens (including phenoxy) is 1. The topological polar surface area (TPSA) is 68.3 Å². The summed E-state index contributed by atoms with van der Waals surface area (Å²) < 4.78 is 5.60. The Morgan fingerprint density at radius 1 is 1.42 bits per heavy atom. The number of nitrogens with one attached hydrogen (secondary N) is 1. The van der Waals surface area contributed by atoms with Crippen LogP contribution in [0.15, 0.2) is 22.9 Å². The largest absolute Gasteiger partial charge is 0.452 e. The molecule has 5 nitrogen and oxygen atoms in total. The standard InChI is InChI=1S/C13H17BrN2O3/c1-4-13(2,3)16-11(17)8-19-12(18)9-5-10(14)7-15-6-9/h5-7H,4,8H2,1-3H3,(H,16,17). The molecule has 0 saturated heterocycles. The second-order valence-corrected chi connectivity index (χ2v) is 5.67. The van der Waals surface area contributed by atoms with Gasteiger partial charge in [-0.25, -0.2) is 4.79 Å². The lowest BCUT2D eigenvalue weighted by Gasteiger charge is -2.24. The molecule has 1 aromatic heterocycles. The summed E-state index contributed by atoms with van der Waals surface area (Å²) in [5.41, 5.74) is -0.00203. The van der Waals surface area contributed by atoms with Crippen LogP contribution in [0.3, 0.4) is 0 Å². The number of carbonyl (C=O) groups excluding carboxylic acids is 2. The SMILES string of the molecule is CCC(C)(C)NC(=O)COC(=O)c1cncc(Br)c1. The third-order valence-corrected chi connectivity index (χ3v) is 3.07. The van der Waals surface area contributed by atoms with Crippen LogP contribution >= 0.6 is 15.9 Å². The van der Waals surface area contributed by atoms with Crippen LogP contribution in [0.2, 0.25) is 0 Å². The summed E-state index contributed by atoms with van der Waals surface area (Å²) in [6.07, 6.45) is 3.75. The average molecular weight is 329 g/mol. The van der Waals surface area contributed by atoms with E-state index in [9.17, 15) is 9.59 Å². The third-order valence-electron chi connectivity index (χ3n) is 2.64. The smallest absolute Gasteiger partial charge is 0.340 e. The zero-order chi connectivity index (χ0) is 14.5. The van der Waals surface area contributed by atoms with Crippen LogP contribution in [0, 0.1) is 0 Å². The highest BCUT2D eigenvalue weighted by molar-refractivity contribution is 9.10. The first kappa shape index (κ1) is 15.6. The number of amides is 1. The van der Waals surface area contributed by atoms with Crippen LogP contribution in [-0.2, 0) is 9.53 Å². The molecule has 0 spiro atoms. The Labute approximate surface area is 120 Å². The first-order chi connectivity index (χ1) is 8.84. The monoisotopic (exact) mass is 328 g/mol. The van der Waals surface area contributed by atoms with E-state index in [1.165, 1.54) is 6.20 Å². The Morgan fingerprint density at radius 2 is 2.11 bits per heavy atom. The van der Waals surface area contributed by atoms with Crippen molar-refractivity contribution < 1.29 is 14.3 Å². The minimum absolute atomic E-state index is 0.297. The van der Waals surface area contributed by atoms with Gasteiger partial charge in [-0.15, -0.1) is 0 Å². The summed E-state index contributed by atoms with van der Waals surface area (Å²) in [5.74, 6) is -0.888. The number of nitrogens with zero attached hydrogens (tertiary/aromatic N) is 1. The van der Waals surface area contributed by atoms with Crippen molar-refractivity contribution in [3.8, 4) is 0 Å². The summed E-state index contributed by atoms with van der Waals surface area (Å²) in [6, 6.07) is 1.59. The molecule has 0 radical (unpaired) electrons. The van der Waals surface area contributed by atoms with E-state index in [0.717, 1.165) is 6.42 Å². The van der Waals surface area contributed by atoms with E-state index in [2.05, 4.69) is 26.2 Å². The zero-order valence-electron chi connectivity index (χ0n) is 11.2. The van der Waals surface area contributed by atoms with Crippen LogP contribution in [0.25, 0.3) is 0 Å². The number of hydrogen-bond acceptors (Lipinski definition) is 4. The molecular formula is C13H17BrN2O3. The van der Waals surface area contributed by atoms with Crippen molar-refractivity contribution in [2.75, 3.05) is 6.61 Å². The van der Waals surface area contributed by atoms with Gasteiger partial charge in [-0.2, -0.15) is 0 Å². The van der Waals surface area contributed by atoms with Gasteiger partial charge in [0.2, 0.25) is 0 Å². The van der Waals surface area contributed by atoms with Crippen molar-refractivity contribution in [2.45, 2.75) is 32.7 Å². The molecule has 0 aromatic carbocycles. The molecule has 1 heterocycles. The van der Waals surface area contributed by atoms with Gasteiger partial charge in [-0.05, 0) is 42.3 Å². The molecule has 19 heavy (non-hydrogen) atoms. The lowest BCUT2D eigenvalue weighted by molar-refractivity contribution is -0.125. The number of aromatic nitrogens is 1. The Morgan fingerprint density at radius 3 is 2.68 bits per heavy atom. The van der Waals surface area contributed by atoms with Crippen molar-refractivity contribution in [3.05, 3.63) is 28.5 Å². The second-order valence-electron chi connectivity index (χ2n) is 4.75. The van der Waals surface area contributed by atoms with Gasteiger partial charge in [-0.1, -0.05) is 6.92 Å². The van der Waals surface area contributed by atoms with E-state index in [4.69, 9.17) is 4.74 Å². The Hall–Kier alpha value is -1.43. The fraction of sp³-hybridized carbons (Fsp3) is 0.462. The summed E-state index contributed by atoms with van der Waals surface area (Å²) in [7, 11) is 0. The normalized spacial score (nSPS) is 10.9. The van der Waals surface area contributed by atoms with Crippen molar-refractivity contribution in [1.82, 2.24) is 10.3 Å². The molecule has 1 N–H and O–H groups in total. The number of halogens is 1. The highest BCUT2D eigenvalue weighted by Gasteiger charge is 2.19. The summed E-state index contributed by atoms with van der Waals surface area (Å²) >= 11 is 3.21. The number of hydrogen-bond donors (Lipinski definition) is 1. The van der Waals surface area contributed by atoms with Gasteiger partial charge in [0.15, 0.2) is 6.61 Å². The molecule has 0 unspecified atom stereocenters. The first-order valence-corrected chi connectivity index (χ1v) is 6.72. The molecular weight excluding hydrogens is 312 g/mol. The Balaban J connectivity index is 2.49.